The molecule has 0 aliphatic rings. The van der Waals surface area contributed by atoms with E-state index in [0.29, 0.717) is 0 Å². The van der Waals surface area contributed by atoms with Gasteiger partial charge in [0.15, 0.2) is 0 Å². The molecule has 0 saturated carbocycles. The van der Waals surface area contributed by atoms with Crippen molar-refractivity contribution in [2.75, 3.05) is 6.26 Å². The first-order chi connectivity index (χ1) is 6.77. The molecule has 0 fully saturated rings. The zero-order valence-electron chi connectivity index (χ0n) is 8.20. The second-order valence-corrected chi connectivity index (χ2v) is 5.32. The van der Waals surface area contributed by atoms with Gasteiger partial charge in [0.1, 0.15) is 0 Å². The summed E-state index contributed by atoms with van der Waals surface area (Å²) in [6.45, 7) is 2.19. The highest BCUT2D eigenvalue weighted by molar-refractivity contribution is 7.99. The SMILES string of the molecule is CCc1csc2c(SC)ccc(S)c12. The Morgan fingerprint density at radius 1 is 1.43 bits per heavy atom. The average molecular weight is 240 g/mol. The van der Waals surface area contributed by atoms with Gasteiger partial charge in [0.2, 0.25) is 0 Å². The summed E-state index contributed by atoms with van der Waals surface area (Å²) in [5, 5.41) is 3.61. The molecular formula is C11H12S3. The molecular weight excluding hydrogens is 228 g/mol. The quantitative estimate of drug-likeness (QED) is 0.597. The van der Waals surface area contributed by atoms with Crippen molar-refractivity contribution in [1.82, 2.24) is 0 Å². The summed E-state index contributed by atoms with van der Waals surface area (Å²) in [6, 6.07) is 4.26. The summed E-state index contributed by atoms with van der Waals surface area (Å²) >= 11 is 8.17. The average Bonchev–Trinajstić information content (AvgIpc) is 2.63. The first kappa shape index (κ1) is 10.4. The molecule has 0 atom stereocenters. The summed E-state index contributed by atoms with van der Waals surface area (Å²) in [5.41, 5.74) is 1.42. The van der Waals surface area contributed by atoms with E-state index in [4.69, 9.17) is 0 Å². The van der Waals surface area contributed by atoms with Gasteiger partial charge in [-0.3, -0.25) is 0 Å². The molecule has 0 radical (unpaired) electrons. The highest BCUT2D eigenvalue weighted by Gasteiger charge is 2.09. The minimum atomic E-state index is 1.09. The Morgan fingerprint density at radius 2 is 2.21 bits per heavy atom. The molecule has 0 amide bonds. The zero-order chi connectivity index (χ0) is 10.1. The molecule has 2 rings (SSSR count). The first-order valence-electron chi connectivity index (χ1n) is 4.54. The van der Waals surface area contributed by atoms with E-state index in [9.17, 15) is 0 Å². The fraction of sp³-hybridized carbons (Fsp3) is 0.273. The van der Waals surface area contributed by atoms with Gasteiger partial charge in [-0.25, -0.2) is 0 Å². The van der Waals surface area contributed by atoms with E-state index in [1.165, 1.54) is 20.5 Å². The third-order valence-corrected chi connectivity index (χ3v) is 4.68. The van der Waals surface area contributed by atoms with Crippen LogP contribution in [0.25, 0.3) is 10.1 Å². The smallest absolute Gasteiger partial charge is 0.0492 e. The van der Waals surface area contributed by atoms with E-state index >= 15 is 0 Å². The monoisotopic (exact) mass is 240 g/mol. The minimum absolute atomic E-state index is 1.09. The largest absolute Gasteiger partial charge is 0.143 e. The lowest BCUT2D eigenvalue weighted by atomic mass is 10.1. The minimum Gasteiger partial charge on any atom is -0.143 e. The Labute approximate surface area is 98.1 Å². The first-order valence-corrected chi connectivity index (χ1v) is 7.09. The van der Waals surface area contributed by atoms with Crippen molar-refractivity contribution in [3.05, 3.63) is 23.1 Å². The second kappa shape index (κ2) is 4.17. The van der Waals surface area contributed by atoms with Crippen LogP contribution in [-0.4, -0.2) is 6.26 Å². The van der Waals surface area contributed by atoms with E-state index in [1.807, 2.05) is 23.1 Å². The Balaban J connectivity index is 2.80. The van der Waals surface area contributed by atoms with Gasteiger partial charge in [0.25, 0.3) is 0 Å². The van der Waals surface area contributed by atoms with Crippen molar-refractivity contribution in [1.29, 1.82) is 0 Å². The number of hydrogen-bond donors (Lipinski definition) is 1. The van der Waals surface area contributed by atoms with E-state index in [1.54, 1.807) is 0 Å². The van der Waals surface area contributed by atoms with Crippen LogP contribution >= 0.6 is 35.7 Å². The molecule has 0 unspecified atom stereocenters. The van der Waals surface area contributed by atoms with Crippen molar-refractivity contribution in [2.45, 2.75) is 23.1 Å². The van der Waals surface area contributed by atoms with E-state index < -0.39 is 0 Å². The van der Waals surface area contributed by atoms with Crippen molar-refractivity contribution >= 4 is 45.8 Å². The van der Waals surface area contributed by atoms with E-state index in [2.05, 4.69) is 43.3 Å². The van der Waals surface area contributed by atoms with E-state index in [-0.39, 0.29) is 0 Å². The number of rotatable bonds is 2. The van der Waals surface area contributed by atoms with Crippen LogP contribution in [-0.2, 0) is 6.42 Å². The number of thiophene rings is 1. The van der Waals surface area contributed by atoms with Crippen LogP contribution in [0, 0.1) is 0 Å². The number of thioether (sulfide) groups is 1. The van der Waals surface area contributed by atoms with Crippen LogP contribution in [0.1, 0.15) is 12.5 Å². The fourth-order valence-electron chi connectivity index (χ4n) is 1.59. The molecule has 0 nitrogen and oxygen atoms in total. The molecule has 0 bridgehead atoms. The number of hydrogen-bond acceptors (Lipinski definition) is 3. The number of benzene rings is 1. The molecule has 0 spiro atoms. The maximum absolute atomic E-state index is 4.52. The Kier molecular flexibility index (Phi) is 3.10. The van der Waals surface area contributed by atoms with Gasteiger partial charge in [-0.15, -0.1) is 35.7 Å². The number of thiol groups is 1. The van der Waals surface area contributed by atoms with Crippen molar-refractivity contribution in [3.8, 4) is 0 Å². The summed E-state index contributed by atoms with van der Waals surface area (Å²) in [7, 11) is 0. The molecule has 1 aromatic carbocycles. The van der Waals surface area contributed by atoms with Crippen LogP contribution in [0.4, 0.5) is 0 Å². The maximum Gasteiger partial charge on any atom is 0.0492 e. The van der Waals surface area contributed by atoms with Crippen LogP contribution in [0.15, 0.2) is 27.3 Å². The number of aryl methyl sites for hydroxylation is 1. The van der Waals surface area contributed by atoms with Crippen LogP contribution < -0.4 is 0 Å². The summed E-state index contributed by atoms with van der Waals surface area (Å²) in [4.78, 5) is 2.47. The second-order valence-electron chi connectivity index (χ2n) is 3.11. The molecule has 0 saturated heterocycles. The van der Waals surface area contributed by atoms with Crippen molar-refractivity contribution < 1.29 is 0 Å². The van der Waals surface area contributed by atoms with Crippen LogP contribution in [0.2, 0.25) is 0 Å². The zero-order valence-corrected chi connectivity index (χ0v) is 10.7. The molecule has 3 heteroatoms. The van der Waals surface area contributed by atoms with Gasteiger partial charge in [-0.1, -0.05) is 6.92 Å². The van der Waals surface area contributed by atoms with Gasteiger partial charge < -0.3 is 0 Å². The molecule has 74 valence electrons. The highest BCUT2D eigenvalue weighted by atomic mass is 32.2. The Bertz CT molecular complexity index is 457. The van der Waals surface area contributed by atoms with Gasteiger partial charge in [-0.05, 0) is 35.8 Å². The summed E-state index contributed by atoms with van der Waals surface area (Å²) < 4.78 is 1.39. The topological polar surface area (TPSA) is 0 Å². The molecule has 14 heavy (non-hydrogen) atoms. The lowest BCUT2D eigenvalue weighted by Gasteiger charge is -2.02. The van der Waals surface area contributed by atoms with Gasteiger partial charge in [-0.2, -0.15) is 0 Å². The Morgan fingerprint density at radius 3 is 2.86 bits per heavy atom. The van der Waals surface area contributed by atoms with Crippen molar-refractivity contribution in [3.63, 3.8) is 0 Å². The van der Waals surface area contributed by atoms with Gasteiger partial charge in [0, 0.05) is 19.9 Å². The molecule has 0 aliphatic heterocycles. The molecule has 2 aromatic rings. The summed E-state index contributed by atoms with van der Waals surface area (Å²) in [5.74, 6) is 0. The standard InChI is InChI=1S/C11H12S3/c1-3-7-6-14-11-9(13-2)5-4-8(12)10(7)11/h4-6,12H,3H2,1-2H3. The highest BCUT2D eigenvalue weighted by Crippen LogP contribution is 2.37. The van der Waals surface area contributed by atoms with Crippen LogP contribution in [0.3, 0.4) is 0 Å². The lowest BCUT2D eigenvalue weighted by molar-refractivity contribution is 1.16. The molecule has 1 heterocycles. The summed E-state index contributed by atoms with van der Waals surface area (Å²) in [6.07, 6.45) is 3.21. The van der Waals surface area contributed by atoms with Gasteiger partial charge >= 0.3 is 0 Å². The Hall–Kier alpha value is -0.120. The molecule has 1 aromatic heterocycles. The van der Waals surface area contributed by atoms with E-state index in [0.717, 1.165) is 11.3 Å². The van der Waals surface area contributed by atoms with Crippen molar-refractivity contribution in [2.24, 2.45) is 0 Å². The number of fused-ring (bicyclic) bond motifs is 1. The third kappa shape index (κ3) is 1.58. The predicted molar refractivity (Wildman–Crippen MR) is 70.2 cm³/mol. The third-order valence-electron chi connectivity index (χ3n) is 2.34. The predicted octanol–water partition coefficient (Wildman–Crippen LogP) is 4.47. The lowest BCUT2D eigenvalue weighted by Crippen LogP contribution is -1.79. The fourth-order valence-corrected chi connectivity index (χ4v) is 3.97. The maximum atomic E-state index is 4.52. The molecule has 0 N–H and O–H groups in total. The van der Waals surface area contributed by atoms with Gasteiger partial charge in [0.05, 0.1) is 0 Å². The molecule has 0 aliphatic carbocycles. The normalized spacial score (nSPS) is 11.1. The van der Waals surface area contributed by atoms with Crippen LogP contribution in [0.5, 0.6) is 0 Å².